The highest BCUT2D eigenvalue weighted by Crippen LogP contribution is 2.25. The molecule has 104 valence electrons. The van der Waals surface area contributed by atoms with Gasteiger partial charge in [0.2, 0.25) is 0 Å². The van der Waals surface area contributed by atoms with Crippen molar-refractivity contribution < 1.29 is 14.6 Å². The normalized spacial score (nSPS) is 26.4. The predicted molar refractivity (Wildman–Crippen MR) is 75.9 cm³/mol. The molecular formula is C13H17BrN2O3. The first-order valence-electron chi connectivity index (χ1n) is 6.09. The molecule has 0 spiro atoms. The average Bonchev–Trinajstić information content (AvgIpc) is 2.71. The molecule has 1 amide bonds. The van der Waals surface area contributed by atoms with Crippen molar-refractivity contribution in [2.45, 2.75) is 25.0 Å². The summed E-state index contributed by atoms with van der Waals surface area (Å²) in [5.41, 5.74) is 5.71. The summed E-state index contributed by atoms with van der Waals surface area (Å²) in [6.07, 6.45) is 0.250. The van der Waals surface area contributed by atoms with Gasteiger partial charge in [0.1, 0.15) is 5.60 Å². The van der Waals surface area contributed by atoms with Crippen LogP contribution in [0.15, 0.2) is 22.7 Å². The number of carbonyl (C=O) groups excluding carboxylic acids is 1. The van der Waals surface area contributed by atoms with Gasteiger partial charge in [-0.2, -0.15) is 0 Å². The molecule has 1 fully saturated rings. The van der Waals surface area contributed by atoms with E-state index in [1.165, 1.54) is 0 Å². The van der Waals surface area contributed by atoms with E-state index in [4.69, 9.17) is 10.5 Å². The molecule has 19 heavy (non-hydrogen) atoms. The number of aliphatic hydroxyl groups is 1. The molecule has 0 bridgehead atoms. The fraction of sp³-hybridized carbons (Fsp3) is 0.462. The van der Waals surface area contributed by atoms with Crippen LogP contribution in [0.2, 0.25) is 0 Å². The van der Waals surface area contributed by atoms with Crippen LogP contribution in [0.25, 0.3) is 0 Å². The van der Waals surface area contributed by atoms with Crippen LogP contribution in [-0.2, 0) is 4.74 Å². The highest BCUT2D eigenvalue weighted by atomic mass is 79.9. The molecule has 1 aliphatic rings. The van der Waals surface area contributed by atoms with Crippen molar-refractivity contribution >= 4 is 27.5 Å². The Labute approximate surface area is 120 Å². The summed E-state index contributed by atoms with van der Waals surface area (Å²) in [4.78, 5) is 12.0. The number of nitrogen functional groups attached to an aromatic ring is 1. The minimum Gasteiger partial charge on any atom is -0.398 e. The molecule has 1 aliphatic heterocycles. The number of nitrogens with one attached hydrogen (secondary N) is 1. The minimum atomic E-state index is -0.990. The Morgan fingerprint density at radius 2 is 2.42 bits per heavy atom. The van der Waals surface area contributed by atoms with E-state index in [-0.39, 0.29) is 18.6 Å². The fourth-order valence-electron chi connectivity index (χ4n) is 2.02. The Morgan fingerprint density at radius 1 is 1.68 bits per heavy atom. The molecule has 1 heterocycles. The number of anilines is 1. The van der Waals surface area contributed by atoms with Gasteiger partial charge < -0.3 is 20.9 Å². The van der Waals surface area contributed by atoms with E-state index >= 15 is 0 Å². The number of benzene rings is 1. The molecule has 0 aromatic heterocycles. The van der Waals surface area contributed by atoms with Crippen molar-refractivity contribution in [3.63, 3.8) is 0 Å². The Morgan fingerprint density at radius 3 is 3.00 bits per heavy atom. The lowest BCUT2D eigenvalue weighted by Crippen LogP contribution is -2.47. The van der Waals surface area contributed by atoms with E-state index in [9.17, 15) is 9.90 Å². The van der Waals surface area contributed by atoms with Gasteiger partial charge in [0.05, 0.1) is 6.10 Å². The summed E-state index contributed by atoms with van der Waals surface area (Å²) in [6.45, 7) is 2.48. The Kier molecular flexibility index (Phi) is 4.13. The minimum absolute atomic E-state index is 0.170. The summed E-state index contributed by atoms with van der Waals surface area (Å²) < 4.78 is 6.06. The zero-order valence-corrected chi connectivity index (χ0v) is 12.2. The number of hydrogen-bond donors (Lipinski definition) is 3. The Hall–Kier alpha value is -1.11. The predicted octanol–water partition coefficient (Wildman–Crippen LogP) is 1.30. The maximum absolute atomic E-state index is 12.0. The van der Waals surface area contributed by atoms with Gasteiger partial charge in [-0.1, -0.05) is 0 Å². The SMILES string of the molecule is CC1OCCC1(O)CNC(=O)c1ccc(Br)c(N)c1. The standard InChI is InChI=1S/C13H17BrN2O3/c1-8-13(18,4-5-19-8)7-16-12(17)9-2-3-10(14)11(15)6-9/h2-3,6,8,18H,4-5,7,15H2,1H3,(H,16,17). The van der Waals surface area contributed by atoms with Crippen molar-refractivity contribution in [2.24, 2.45) is 0 Å². The second-order valence-electron chi connectivity index (χ2n) is 4.79. The zero-order chi connectivity index (χ0) is 14.0. The number of halogens is 1. The smallest absolute Gasteiger partial charge is 0.251 e. The second kappa shape index (κ2) is 5.48. The fourth-order valence-corrected chi connectivity index (χ4v) is 2.27. The van der Waals surface area contributed by atoms with E-state index in [1.54, 1.807) is 25.1 Å². The molecular weight excluding hydrogens is 312 g/mol. The first kappa shape index (κ1) is 14.3. The van der Waals surface area contributed by atoms with Crippen molar-refractivity contribution in [3.8, 4) is 0 Å². The molecule has 1 aromatic carbocycles. The third kappa shape index (κ3) is 3.08. The molecule has 0 aliphatic carbocycles. The summed E-state index contributed by atoms with van der Waals surface area (Å²) in [7, 11) is 0. The number of rotatable bonds is 3. The molecule has 2 unspecified atom stereocenters. The number of carbonyl (C=O) groups is 1. The largest absolute Gasteiger partial charge is 0.398 e. The van der Waals surface area contributed by atoms with Crippen molar-refractivity contribution in [3.05, 3.63) is 28.2 Å². The van der Waals surface area contributed by atoms with Gasteiger partial charge in [0.25, 0.3) is 5.91 Å². The third-order valence-electron chi connectivity index (χ3n) is 3.47. The first-order chi connectivity index (χ1) is 8.92. The van der Waals surface area contributed by atoms with Gasteiger partial charge in [0, 0.05) is 35.3 Å². The van der Waals surface area contributed by atoms with E-state index in [1.807, 2.05) is 0 Å². The quantitative estimate of drug-likeness (QED) is 0.730. The highest BCUT2D eigenvalue weighted by molar-refractivity contribution is 9.10. The molecule has 2 rings (SSSR count). The van der Waals surface area contributed by atoms with Gasteiger partial charge in [0.15, 0.2) is 0 Å². The second-order valence-corrected chi connectivity index (χ2v) is 5.64. The Bertz CT molecular complexity index is 495. The molecule has 1 saturated heterocycles. The van der Waals surface area contributed by atoms with Crippen LogP contribution in [-0.4, -0.2) is 35.9 Å². The highest BCUT2D eigenvalue weighted by Gasteiger charge is 2.39. The van der Waals surface area contributed by atoms with Crippen LogP contribution in [0, 0.1) is 0 Å². The lowest BCUT2D eigenvalue weighted by Gasteiger charge is -2.26. The van der Waals surface area contributed by atoms with Gasteiger partial charge >= 0.3 is 0 Å². The molecule has 0 saturated carbocycles. The maximum Gasteiger partial charge on any atom is 0.251 e. The lowest BCUT2D eigenvalue weighted by molar-refractivity contribution is -0.0251. The maximum atomic E-state index is 12.0. The average molecular weight is 329 g/mol. The van der Waals surface area contributed by atoms with Crippen LogP contribution in [0.1, 0.15) is 23.7 Å². The van der Waals surface area contributed by atoms with Crippen LogP contribution < -0.4 is 11.1 Å². The molecule has 6 heteroatoms. The summed E-state index contributed by atoms with van der Waals surface area (Å²) >= 11 is 3.27. The Balaban J connectivity index is 1.99. The first-order valence-corrected chi connectivity index (χ1v) is 6.89. The van der Waals surface area contributed by atoms with Crippen LogP contribution in [0.3, 0.4) is 0 Å². The van der Waals surface area contributed by atoms with E-state index in [2.05, 4.69) is 21.2 Å². The van der Waals surface area contributed by atoms with Gasteiger partial charge in [-0.3, -0.25) is 4.79 Å². The van der Waals surface area contributed by atoms with E-state index in [0.29, 0.717) is 24.3 Å². The molecule has 4 N–H and O–H groups in total. The van der Waals surface area contributed by atoms with Crippen LogP contribution in [0.5, 0.6) is 0 Å². The topological polar surface area (TPSA) is 84.6 Å². The van der Waals surface area contributed by atoms with Crippen LogP contribution in [0.4, 0.5) is 5.69 Å². The molecule has 2 atom stereocenters. The molecule has 0 radical (unpaired) electrons. The third-order valence-corrected chi connectivity index (χ3v) is 4.19. The van der Waals surface area contributed by atoms with Gasteiger partial charge in [-0.25, -0.2) is 0 Å². The molecule has 5 nitrogen and oxygen atoms in total. The summed E-state index contributed by atoms with van der Waals surface area (Å²) in [6, 6.07) is 4.99. The number of amides is 1. The monoisotopic (exact) mass is 328 g/mol. The van der Waals surface area contributed by atoms with Crippen LogP contribution >= 0.6 is 15.9 Å². The lowest BCUT2D eigenvalue weighted by atomic mass is 9.96. The van der Waals surface area contributed by atoms with Gasteiger partial charge in [-0.05, 0) is 41.1 Å². The summed E-state index contributed by atoms with van der Waals surface area (Å²) in [5.74, 6) is -0.258. The van der Waals surface area contributed by atoms with Gasteiger partial charge in [-0.15, -0.1) is 0 Å². The number of ether oxygens (including phenoxy) is 1. The number of hydrogen-bond acceptors (Lipinski definition) is 4. The van der Waals surface area contributed by atoms with Crippen molar-refractivity contribution in [1.82, 2.24) is 5.32 Å². The molecule has 1 aromatic rings. The van der Waals surface area contributed by atoms with Crippen molar-refractivity contribution in [2.75, 3.05) is 18.9 Å². The van der Waals surface area contributed by atoms with E-state index < -0.39 is 5.60 Å². The number of nitrogens with two attached hydrogens (primary N) is 1. The summed E-state index contributed by atoms with van der Waals surface area (Å²) in [5, 5.41) is 13.0. The van der Waals surface area contributed by atoms with E-state index in [0.717, 1.165) is 4.47 Å². The van der Waals surface area contributed by atoms with Crippen molar-refractivity contribution in [1.29, 1.82) is 0 Å². The zero-order valence-electron chi connectivity index (χ0n) is 10.6.